The largest absolute Gasteiger partial charge is 0.435 e. The van der Waals surface area contributed by atoms with Crippen molar-refractivity contribution in [2.24, 2.45) is 7.05 Å². The third-order valence-corrected chi connectivity index (χ3v) is 2.85. The number of alkyl halides is 2. The highest BCUT2D eigenvalue weighted by atomic mass is 19.3. The Morgan fingerprint density at radius 2 is 2.19 bits per heavy atom. The van der Waals surface area contributed by atoms with Gasteiger partial charge in [-0.2, -0.15) is 13.9 Å². The molecule has 0 aliphatic heterocycles. The number of aromatic nitrogens is 2. The molecule has 5 nitrogen and oxygen atoms in total. The summed E-state index contributed by atoms with van der Waals surface area (Å²) < 4.78 is 30.2. The van der Waals surface area contributed by atoms with Crippen LogP contribution < -0.4 is 10.1 Å². The number of nitrogens with zero attached hydrogens (tertiary/aromatic N) is 2. The van der Waals surface area contributed by atoms with Crippen LogP contribution in [0.3, 0.4) is 0 Å². The van der Waals surface area contributed by atoms with Gasteiger partial charge in [-0.1, -0.05) is 6.07 Å². The van der Waals surface area contributed by atoms with Gasteiger partial charge in [-0.15, -0.1) is 0 Å². The Balaban J connectivity index is 2.01. The maximum atomic E-state index is 12.1. The first kappa shape index (κ1) is 15.0. The summed E-state index contributed by atoms with van der Waals surface area (Å²) in [4.78, 5) is 12.0. The van der Waals surface area contributed by atoms with Gasteiger partial charge in [0.2, 0.25) is 0 Å². The Morgan fingerprint density at radius 3 is 2.81 bits per heavy atom. The predicted octanol–water partition coefficient (Wildman–Crippen LogP) is 2.26. The Hall–Kier alpha value is -2.44. The normalized spacial score (nSPS) is 10.7. The van der Waals surface area contributed by atoms with E-state index in [2.05, 4.69) is 15.2 Å². The molecule has 1 amide bonds. The summed E-state index contributed by atoms with van der Waals surface area (Å²) in [5.41, 5.74) is 1.96. The quantitative estimate of drug-likeness (QED) is 0.920. The van der Waals surface area contributed by atoms with Crippen LogP contribution in [0.2, 0.25) is 0 Å². The van der Waals surface area contributed by atoms with Gasteiger partial charge in [-0.3, -0.25) is 9.48 Å². The van der Waals surface area contributed by atoms with E-state index in [0.29, 0.717) is 6.54 Å². The average Bonchev–Trinajstić information content (AvgIpc) is 2.74. The number of benzene rings is 1. The van der Waals surface area contributed by atoms with Crippen molar-refractivity contribution in [1.29, 1.82) is 0 Å². The first-order valence-electron chi connectivity index (χ1n) is 6.28. The molecule has 0 aliphatic carbocycles. The molecule has 7 heteroatoms. The molecule has 1 aromatic carbocycles. The summed E-state index contributed by atoms with van der Waals surface area (Å²) in [6.45, 7) is -0.757. The van der Waals surface area contributed by atoms with E-state index in [9.17, 15) is 13.6 Å². The second kappa shape index (κ2) is 6.34. The highest BCUT2D eigenvalue weighted by Gasteiger charge is 2.10. The van der Waals surface area contributed by atoms with Gasteiger partial charge in [0.25, 0.3) is 5.91 Å². The van der Waals surface area contributed by atoms with Gasteiger partial charge in [-0.05, 0) is 31.2 Å². The predicted molar refractivity (Wildman–Crippen MR) is 72.2 cm³/mol. The summed E-state index contributed by atoms with van der Waals surface area (Å²) in [6.07, 6.45) is 0. The van der Waals surface area contributed by atoms with Crippen LogP contribution in [0.15, 0.2) is 30.3 Å². The first-order chi connectivity index (χ1) is 9.95. The van der Waals surface area contributed by atoms with Crippen LogP contribution in [0.25, 0.3) is 0 Å². The number of hydrogen-bond acceptors (Lipinski definition) is 3. The lowest BCUT2D eigenvalue weighted by Crippen LogP contribution is -2.24. The molecule has 112 valence electrons. The van der Waals surface area contributed by atoms with E-state index in [-0.39, 0.29) is 17.2 Å². The van der Waals surface area contributed by atoms with Gasteiger partial charge in [0.1, 0.15) is 5.75 Å². The summed E-state index contributed by atoms with van der Waals surface area (Å²) in [5.74, 6) is -0.414. The van der Waals surface area contributed by atoms with Gasteiger partial charge >= 0.3 is 6.61 Å². The molecule has 2 aromatic rings. The summed E-state index contributed by atoms with van der Waals surface area (Å²) in [7, 11) is 1.78. The Kier molecular flexibility index (Phi) is 4.52. The van der Waals surface area contributed by atoms with Crippen LogP contribution in [0.5, 0.6) is 5.75 Å². The maximum absolute atomic E-state index is 12.1. The molecule has 0 spiro atoms. The third kappa shape index (κ3) is 4.01. The number of nitrogens with one attached hydrogen (secondary N) is 1. The fraction of sp³-hybridized carbons (Fsp3) is 0.286. The van der Waals surface area contributed by atoms with Crippen LogP contribution in [0.4, 0.5) is 8.78 Å². The number of carbonyl (C=O) groups excluding carboxylic acids is 1. The standard InChI is InChI=1S/C14H15F2N3O2/c1-9-6-11(19(2)18-9)8-17-13(20)10-4-3-5-12(7-10)21-14(15)16/h3-7,14H,8H2,1-2H3,(H,17,20). The zero-order chi connectivity index (χ0) is 15.4. The van der Waals surface area contributed by atoms with Crippen molar-refractivity contribution in [1.82, 2.24) is 15.1 Å². The molecule has 1 aromatic heterocycles. The van der Waals surface area contributed by atoms with E-state index in [0.717, 1.165) is 11.4 Å². The Morgan fingerprint density at radius 1 is 1.43 bits per heavy atom. The topological polar surface area (TPSA) is 56.1 Å². The van der Waals surface area contributed by atoms with Crippen LogP contribution in [-0.2, 0) is 13.6 Å². The van der Waals surface area contributed by atoms with Crippen molar-refractivity contribution in [2.45, 2.75) is 20.1 Å². The molecule has 0 radical (unpaired) electrons. The molecular formula is C14H15F2N3O2. The molecule has 0 atom stereocenters. The van der Waals surface area contributed by atoms with E-state index in [4.69, 9.17) is 0 Å². The molecule has 1 N–H and O–H groups in total. The lowest BCUT2D eigenvalue weighted by atomic mass is 10.2. The Labute approximate surface area is 120 Å². The number of hydrogen-bond donors (Lipinski definition) is 1. The first-order valence-corrected chi connectivity index (χ1v) is 6.28. The van der Waals surface area contributed by atoms with E-state index < -0.39 is 6.61 Å². The molecule has 21 heavy (non-hydrogen) atoms. The number of amides is 1. The lowest BCUT2D eigenvalue weighted by Gasteiger charge is -2.08. The minimum absolute atomic E-state index is 0.0472. The van der Waals surface area contributed by atoms with E-state index in [1.165, 1.54) is 24.3 Å². The van der Waals surface area contributed by atoms with E-state index >= 15 is 0 Å². The van der Waals surface area contributed by atoms with Crippen LogP contribution in [0.1, 0.15) is 21.7 Å². The highest BCUT2D eigenvalue weighted by Crippen LogP contribution is 2.16. The van der Waals surface area contributed by atoms with Crippen molar-refractivity contribution >= 4 is 5.91 Å². The van der Waals surface area contributed by atoms with Crippen molar-refractivity contribution in [3.8, 4) is 5.75 Å². The molecule has 0 aliphatic rings. The van der Waals surface area contributed by atoms with Crippen LogP contribution in [0, 0.1) is 6.92 Å². The fourth-order valence-electron chi connectivity index (χ4n) is 1.92. The number of carbonyl (C=O) groups is 1. The van der Waals surface area contributed by atoms with Crippen molar-refractivity contribution in [3.05, 3.63) is 47.3 Å². The fourth-order valence-corrected chi connectivity index (χ4v) is 1.92. The second-order valence-electron chi connectivity index (χ2n) is 4.49. The molecule has 0 saturated carbocycles. The Bertz CT molecular complexity index is 641. The zero-order valence-corrected chi connectivity index (χ0v) is 11.6. The summed E-state index contributed by atoms with van der Waals surface area (Å²) in [5, 5.41) is 6.88. The monoisotopic (exact) mass is 295 g/mol. The molecule has 0 saturated heterocycles. The van der Waals surface area contributed by atoms with Gasteiger partial charge < -0.3 is 10.1 Å². The van der Waals surface area contributed by atoms with E-state index in [1.807, 2.05) is 13.0 Å². The van der Waals surface area contributed by atoms with Crippen LogP contribution >= 0.6 is 0 Å². The SMILES string of the molecule is Cc1cc(CNC(=O)c2cccc(OC(F)F)c2)n(C)n1. The average molecular weight is 295 g/mol. The highest BCUT2D eigenvalue weighted by molar-refractivity contribution is 5.94. The van der Waals surface area contributed by atoms with Gasteiger partial charge in [0, 0.05) is 12.6 Å². The number of aryl methyl sites for hydroxylation is 2. The molecule has 1 heterocycles. The lowest BCUT2D eigenvalue weighted by molar-refractivity contribution is -0.0498. The van der Waals surface area contributed by atoms with Gasteiger partial charge in [0.05, 0.1) is 17.9 Å². The summed E-state index contributed by atoms with van der Waals surface area (Å²) >= 11 is 0. The second-order valence-corrected chi connectivity index (χ2v) is 4.49. The van der Waals surface area contributed by atoms with Gasteiger partial charge in [-0.25, -0.2) is 0 Å². The molecule has 2 rings (SSSR count). The van der Waals surface area contributed by atoms with Crippen molar-refractivity contribution in [2.75, 3.05) is 0 Å². The summed E-state index contributed by atoms with van der Waals surface area (Å²) in [6, 6.07) is 7.52. The van der Waals surface area contributed by atoms with E-state index in [1.54, 1.807) is 11.7 Å². The zero-order valence-electron chi connectivity index (χ0n) is 11.6. The minimum Gasteiger partial charge on any atom is -0.435 e. The number of rotatable bonds is 5. The van der Waals surface area contributed by atoms with Crippen molar-refractivity contribution in [3.63, 3.8) is 0 Å². The third-order valence-electron chi connectivity index (χ3n) is 2.85. The number of ether oxygens (including phenoxy) is 1. The molecule has 0 fully saturated rings. The van der Waals surface area contributed by atoms with Crippen molar-refractivity contribution < 1.29 is 18.3 Å². The smallest absolute Gasteiger partial charge is 0.387 e. The molecule has 0 bridgehead atoms. The molecule has 0 unspecified atom stereocenters. The minimum atomic E-state index is -2.92. The van der Waals surface area contributed by atoms with Crippen LogP contribution in [-0.4, -0.2) is 22.3 Å². The van der Waals surface area contributed by atoms with Gasteiger partial charge in [0.15, 0.2) is 0 Å². The maximum Gasteiger partial charge on any atom is 0.387 e. The molecular weight excluding hydrogens is 280 g/mol. The number of halogens is 2.